The lowest BCUT2D eigenvalue weighted by atomic mass is 10.4. The molecule has 0 radical (unpaired) electrons. The summed E-state index contributed by atoms with van der Waals surface area (Å²) in [6.45, 7) is 0.457. The van der Waals surface area contributed by atoms with Crippen LogP contribution in [0.1, 0.15) is 0 Å². The van der Waals surface area contributed by atoms with Crippen molar-refractivity contribution in [2.75, 3.05) is 12.3 Å². The van der Waals surface area contributed by atoms with Crippen LogP contribution in [0.3, 0.4) is 0 Å². The van der Waals surface area contributed by atoms with E-state index < -0.39 is 0 Å². The molecular formula is C8H8FN3S. The van der Waals surface area contributed by atoms with Crippen molar-refractivity contribution >= 4 is 11.8 Å². The Kier molecular flexibility index (Phi) is 4.15. The van der Waals surface area contributed by atoms with Crippen LogP contribution >= 0.6 is 11.8 Å². The fraction of sp³-hybridized carbons (Fsp3) is 0.250. The van der Waals surface area contributed by atoms with Gasteiger partial charge in [0.1, 0.15) is 5.82 Å². The highest BCUT2D eigenvalue weighted by Gasteiger charge is 1.93. The van der Waals surface area contributed by atoms with Crippen LogP contribution in [0.15, 0.2) is 34.3 Å². The molecule has 0 spiro atoms. The average Bonchev–Trinajstić information content (AvgIpc) is 2.15. The minimum atomic E-state index is -0.237. The zero-order valence-electron chi connectivity index (χ0n) is 6.85. The molecule has 0 bridgehead atoms. The van der Waals surface area contributed by atoms with E-state index in [9.17, 15) is 4.39 Å². The molecule has 0 saturated carbocycles. The van der Waals surface area contributed by atoms with E-state index >= 15 is 0 Å². The summed E-state index contributed by atoms with van der Waals surface area (Å²) in [5, 5.41) is 3.39. The van der Waals surface area contributed by atoms with Crippen LogP contribution in [0.5, 0.6) is 0 Å². The van der Waals surface area contributed by atoms with Gasteiger partial charge in [-0.2, -0.15) is 0 Å². The molecule has 3 nitrogen and oxygen atoms in total. The monoisotopic (exact) mass is 197 g/mol. The molecule has 1 rings (SSSR count). The summed E-state index contributed by atoms with van der Waals surface area (Å²) in [7, 11) is 0. The molecule has 1 aromatic rings. The van der Waals surface area contributed by atoms with E-state index in [0.29, 0.717) is 6.54 Å². The van der Waals surface area contributed by atoms with E-state index in [1.165, 1.54) is 23.9 Å². The largest absolute Gasteiger partial charge is 0.207 e. The fourth-order valence-corrected chi connectivity index (χ4v) is 1.52. The highest BCUT2D eigenvalue weighted by molar-refractivity contribution is 7.99. The van der Waals surface area contributed by atoms with E-state index in [1.54, 1.807) is 12.1 Å². The van der Waals surface area contributed by atoms with Gasteiger partial charge in [-0.15, -0.1) is 11.8 Å². The number of thioether (sulfide) groups is 1. The second-order valence-electron chi connectivity index (χ2n) is 2.26. The zero-order chi connectivity index (χ0) is 9.52. The predicted molar refractivity (Wildman–Crippen MR) is 51.1 cm³/mol. The molecule has 0 aliphatic carbocycles. The number of hydrogen-bond acceptors (Lipinski definition) is 2. The molecule has 1 aromatic carbocycles. The highest BCUT2D eigenvalue weighted by atomic mass is 32.2. The number of halogens is 1. The first-order valence-electron chi connectivity index (χ1n) is 3.72. The molecule has 0 N–H and O–H groups in total. The molecule has 0 aromatic heterocycles. The lowest BCUT2D eigenvalue weighted by molar-refractivity contribution is 0.626. The summed E-state index contributed by atoms with van der Waals surface area (Å²) in [5.74, 6) is 0.481. The topological polar surface area (TPSA) is 48.8 Å². The maximum Gasteiger partial charge on any atom is 0.123 e. The Morgan fingerprint density at radius 2 is 2.08 bits per heavy atom. The average molecular weight is 197 g/mol. The molecule has 0 unspecified atom stereocenters. The van der Waals surface area contributed by atoms with E-state index in [2.05, 4.69) is 10.0 Å². The van der Waals surface area contributed by atoms with Crippen LogP contribution in [0.4, 0.5) is 4.39 Å². The molecule has 0 heterocycles. The molecule has 0 atom stereocenters. The van der Waals surface area contributed by atoms with Gasteiger partial charge in [0.15, 0.2) is 0 Å². The Hall–Kier alpha value is -1.19. The van der Waals surface area contributed by atoms with Crippen LogP contribution in [0, 0.1) is 5.82 Å². The molecule has 0 amide bonds. The third-order valence-corrected chi connectivity index (χ3v) is 2.33. The first-order valence-corrected chi connectivity index (χ1v) is 4.70. The molecule has 0 aliphatic heterocycles. The van der Waals surface area contributed by atoms with E-state index in [-0.39, 0.29) is 5.82 Å². The summed E-state index contributed by atoms with van der Waals surface area (Å²) in [6, 6.07) is 6.23. The van der Waals surface area contributed by atoms with Crippen molar-refractivity contribution < 1.29 is 4.39 Å². The van der Waals surface area contributed by atoms with Gasteiger partial charge in [0, 0.05) is 22.1 Å². The lowest BCUT2D eigenvalue weighted by Crippen LogP contribution is -1.83. The summed E-state index contributed by atoms with van der Waals surface area (Å²) >= 11 is 1.54. The van der Waals surface area contributed by atoms with Crippen molar-refractivity contribution in [2.24, 2.45) is 5.11 Å². The SMILES string of the molecule is [N-]=[N+]=NCCSc1ccc(F)cc1. The fourth-order valence-electron chi connectivity index (χ4n) is 0.780. The van der Waals surface area contributed by atoms with Gasteiger partial charge in [0.05, 0.1) is 0 Å². The van der Waals surface area contributed by atoms with Crippen molar-refractivity contribution in [3.63, 3.8) is 0 Å². The Balaban J connectivity index is 2.37. The van der Waals surface area contributed by atoms with Gasteiger partial charge in [0.25, 0.3) is 0 Å². The molecule has 0 saturated heterocycles. The van der Waals surface area contributed by atoms with Crippen molar-refractivity contribution in [1.29, 1.82) is 0 Å². The molecule has 0 fully saturated rings. The predicted octanol–water partition coefficient (Wildman–Crippen LogP) is 3.23. The van der Waals surface area contributed by atoms with Gasteiger partial charge in [0.2, 0.25) is 0 Å². The Morgan fingerprint density at radius 1 is 1.38 bits per heavy atom. The zero-order valence-corrected chi connectivity index (χ0v) is 7.67. The first-order chi connectivity index (χ1) is 6.33. The molecule has 0 aliphatic rings. The Bertz CT molecular complexity index is 306. The highest BCUT2D eigenvalue weighted by Crippen LogP contribution is 2.17. The minimum absolute atomic E-state index is 0.237. The molecule has 68 valence electrons. The maximum atomic E-state index is 12.5. The Labute approximate surface area is 79.6 Å². The summed E-state index contributed by atoms with van der Waals surface area (Å²) < 4.78 is 12.5. The number of azide groups is 1. The number of nitrogens with zero attached hydrogens (tertiary/aromatic N) is 3. The van der Waals surface area contributed by atoms with Gasteiger partial charge in [-0.25, -0.2) is 4.39 Å². The van der Waals surface area contributed by atoms with E-state index in [1.807, 2.05) is 0 Å². The van der Waals surface area contributed by atoms with Crippen LogP contribution in [0.25, 0.3) is 10.4 Å². The minimum Gasteiger partial charge on any atom is -0.207 e. The Morgan fingerprint density at radius 3 is 2.69 bits per heavy atom. The normalized spacial score (nSPS) is 9.31. The second kappa shape index (κ2) is 5.45. The molecule has 5 heteroatoms. The van der Waals surface area contributed by atoms with Gasteiger partial charge in [-0.3, -0.25) is 0 Å². The van der Waals surface area contributed by atoms with Crippen LogP contribution in [-0.4, -0.2) is 12.3 Å². The van der Waals surface area contributed by atoms with Crippen LogP contribution < -0.4 is 0 Å². The number of rotatable bonds is 4. The van der Waals surface area contributed by atoms with Gasteiger partial charge in [-0.05, 0) is 29.8 Å². The van der Waals surface area contributed by atoms with Gasteiger partial charge >= 0.3 is 0 Å². The van der Waals surface area contributed by atoms with Crippen LogP contribution in [0.2, 0.25) is 0 Å². The van der Waals surface area contributed by atoms with Gasteiger partial charge in [-0.1, -0.05) is 5.11 Å². The van der Waals surface area contributed by atoms with Gasteiger partial charge < -0.3 is 0 Å². The van der Waals surface area contributed by atoms with Crippen molar-refractivity contribution in [3.05, 3.63) is 40.5 Å². The smallest absolute Gasteiger partial charge is 0.123 e. The first kappa shape index (κ1) is 9.89. The quantitative estimate of drug-likeness (QED) is 0.240. The second-order valence-corrected chi connectivity index (χ2v) is 3.43. The van der Waals surface area contributed by atoms with Crippen molar-refractivity contribution in [2.45, 2.75) is 4.90 Å². The standard InChI is InChI=1S/C8H8FN3S/c9-7-1-3-8(4-2-7)13-6-5-11-12-10/h1-4H,5-6H2. The summed E-state index contributed by atoms with van der Waals surface area (Å²) in [5.41, 5.74) is 8.00. The molecular weight excluding hydrogens is 189 g/mol. The maximum absolute atomic E-state index is 12.5. The van der Waals surface area contributed by atoms with Crippen molar-refractivity contribution in [1.82, 2.24) is 0 Å². The van der Waals surface area contributed by atoms with Crippen molar-refractivity contribution in [3.8, 4) is 0 Å². The summed E-state index contributed by atoms with van der Waals surface area (Å²) in [4.78, 5) is 3.61. The molecule has 13 heavy (non-hydrogen) atoms. The lowest BCUT2D eigenvalue weighted by Gasteiger charge is -1.97. The summed E-state index contributed by atoms with van der Waals surface area (Å²) in [6.07, 6.45) is 0. The number of hydrogen-bond donors (Lipinski definition) is 0. The number of benzene rings is 1. The third-order valence-electron chi connectivity index (χ3n) is 1.34. The van der Waals surface area contributed by atoms with E-state index in [0.717, 1.165) is 10.6 Å². The third kappa shape index (κ3) is 3.83. The van der Waals surface area contributed by atoms with E-state index in [4.69, 9.17) is 5.53 Å². The van der Waals surface area contributed by atoms with Crippen LogP contribution in [-0.2, 0) is 0 Å².